The Morgan fingerprint density at radius 3 is 1.97 bits per heavy atom. The van der Waals surface area contributed by atoms with E-state index in [0.29, 0.717) is 0 Å². The number of nitrogens with zero attached hydrogens (tertiary/aromatic N) is 1. The Morgan fingerprint density at radius 2 is 1.41 bits per heavy atom. The molecule has 0 aliphatic rings. The minimum Gasteiger partial charge on any atom is -0.480 e. The SMILES string of the molecule is O=C(O)[C@H](Cc1cccn1S(=O)(=O)c1ccccc1)NS(=O)(=O)c1ccccc1. The minimum absolute atomic E-state index is 0.0363. The van der Waals surface area contributed by atoms with Crippen LogP contribution in [0.5, 0.6) is 0 Å². The lowest BCUT2D eigenvalue weighted by molar-refractivity contribution is -0.138. The molecule has 29 heavy (non-hydrogen) atoms. The van der Waals surface area contributed by atoms with E-state index >= 15 is 0 Å². The first-order chi connectivity index (χ1) is 13.7. The topological polar surface area (TPSA) is 123 Å². The highest BCUT2D eigenvalue weighted by Crippen LogP contribution is 2.18. The second-order valence-corrected chi connectivity index (χ2v) is 9.67. The van der Waals surface area contributed by atoms with Crippen molar-refractivity contribution in [3.05, 3.63) is 84.7 Å². The summed E-state index contributed by atoms with van der Waals surface area (Å²) in [5, 5.41) is 9.51. The van der Waals surface area contributed by atoms with Gasteiger partial charge in [-0.15, -0.1) is 0 Å². The zero-order valence-corrected chi connectivity index (χ0v) is 16.7. The Labute approximate surface area is 168 Å². The van der Waals surface area contributed by atoms with E-state index in [0.717, 1.165) is 3.97 Å². The van der Waals surface area contributed by atoms with Crippen molar-refractivity contribution in [3.8, 4) is 0 Å². The van der Waals surface area contributed by atoms with Crippen molar-refractivity contribution in [1.82, 2.24) is 8.69 Å². The number of hydrogen-bond donors (Lipinski definition) is 2. The van der Waals surface area contributed by atoms with Crippen LogP contribution in [-0.2, 0) is 31.3 Å². The van der Waals surface area contributed by atoms with E-state index in [2.05, 4.69) is 4.72 Å². The molecule has 1 aromatic heterocycles. The van der Waals surface area contributed by atoms with Gasteiger partial charge in [-0.1, -0.05) is 36.4 Å². The quantitative estimate of drug-likeness (QED) is 0.556. The van der Waals surface area contributed by atoms with Gasteiger partial charge in [0.1, 0.15) is 6.04 Å². The lowest BCUT2D eigenvalue weighted by Gasteiger charge is -2.17. The van der Waals surface area contributed by atoms with Gasteiger partial charge in [-0.2, -0.15) is 4.72 Å². The normalized spacial score (nSPS) is 13.1. The summed E-state index contributed by atoms with van der Waals surface area (Å²) in [6.45, 7) is 0. The summed E-state index contributed by atoms with van der Waals surface area (Å²) in [7, 11) is -8.04. The number of nitrogens with one attached hydrogen (secondary N) is 1. The number of aliphatic carboxylic acids is 1. The maximum Gasteiger partial charge on any atom is 0.322 e. The highest BCUT2D eigenvalue weighted by atomic mass is 32.2. The monoisotopic (exact) mass is 434 g/mol. The maximum absolute atomic E-state index is 12.9. The summed E-state index contributed by atoms with van der Waals surface area (Å²) in [5.74, 6) is -1.42. The predicted octanol–water partition coefficient (Wildman–Crippen LogP) is 1.70. The van der Waals surface area contributed by atoms with Gasteiger partial charge < -0.3 is 5.11 Å². The number of benzene rings is 2. The first-order valence-corrected chi connectivity index (χ1v) is 11.4. The third-order valence-electron chi connectivity index (χ3n) is 4.16. The van der Waals surface area contributed by atoms with E-state index in [4.69, 9.17) is 0 Å². The Hall–Kier alpha value is -2.95. The summed E-state index contributed by atoms with van der Waals surface area (Å²) in [4.78, 5) is 11.6. The molecule has 8 nitrogen and oxygen atoms in total. The fourth-order valence-corrected chi connectivity index (χ4v) is 5.36. The molecule has 0 bridgehead atoms. The molecule has 2 aromatic carbocycles. The van der Waals surface area contributed by atoms with Gasteiger partial charge in [-0.3, -0.25) is 4.79 Å². The number of carboxylic acids is 1. The standard InChI is InChI=1S/C19H18N2O6S2/c22-19(23)18(20-28(24,25)16-9-3-1-4-10-16)14-15-8-7-13-21(15)29(26,27)17-11-5-2-6-12-17/h1-13,18,20H,14H2,(H,22,23)/t18-/m0/s1. The number of carbonyl (C=O) groups is 1. The van der Waals surface area contributed by atoms with Crippen molar-refractivity contribution in [2.75, 3.05) is 0 Å². The van der Waals surface area contributed by atoms with Gasteiger partial charge in [0, 0.05) is 18.3 Å². The molecular weight excluding hydrogens is 416 g/mol. The lowest BCUT2D eigenvalue weighted by atomic mass is 10.2. The van der Waals surface area contributed by atoms with Crippen molar-refractivity contribution < 1.29 is 26.7 Å². The van der Waals surface area contributed by atoms with Crippen LogP contribution in [0.2, 0.25) is 0 Å². The summed E-state index contributed by atoms with van der Waals surface area (Å²) in [5.41, 5.74) is 0.136. The zero-order chi connectivity index (χ0) is 21.1. The summed E-state index contributed by atoms with van der Waals surface area (Å²) in [6.07, 6.45) is 0.933. The molecule has 2 N–H and O–H groups in total. The third-order valence-corrected chi connectivity index (χ3v) is 7.39. The molecule has 1 atom stereocenters. The molecule has 3 aromatic rings. The van der Waals surface area contributed by atoms with Gasteiger partial charge in [-0.25, -0.2) is 20.8 Å². The van der Waals surface area contributed by atoms with E-state index in [1.54, 1.807) is 24.3 Å². The number of hydrogen-bond acceptors (Lipinski definition) is 5. The minimum atomic E-state index is -4.10. The Morgan fingerprint density at radius 1 is 0.862 bits per heavy atom. The largest absolute Gasteiger partial charge is 0.480 e. The van der Waals surface area contributed by atoms with Gasteiger partial charge in [0.2, 0.25) is 10.0 Å². The molecule has 0 unspecified atom stereocenters. The van der Waals surface area contributed by atoms with E-state index in [9.17, 15) is 26.7 Å². The van der Waals surface area contributed by atoms with Gasteiger partial charge in [-0.05, 0) is 36.4 Å². The molecule has 0 saturated carbocycles. The van der Waals surface area contributed by atoms with Crippen molar-refractivity contribution in [2.24, 2.45) is 0 Å². The van der Waals surface area contributed by atoms with E-state index in [1.807, 2.05) is 0 Å². The van der Waals surface area contributed by atoms with Gasteiger partial charge in [0.25, 0.3) is 10.0 Å². The summed E-state index contributed by atoms with van der Waals surface area (Å²) >= 11 is 0. The smallest absolute Gasteiger partial charge is 0.322 e. The van der Waals surface area contributed by atoms with Crippen molar-refractivity contribution in [1.29, 1.82) is 0 Å². The van der Waals surface area contributed by atoms with Crippen LogP contribution in [0.25, 0.3) is 0 Å². The average Bonchev–Trinajstić information content (AvgIpc) is 3.18. The molecule has 0 spiro atoms. The van der Waals surface area contributed by atoms with Gasteiger partial charge in [0.15, 0.2) is 0 Å². The second kappa shape index (κ2) is 8.19. The summed E-state index contributed by atoms with van der Waals surface area (Å²) in [6, 6.07) is 16.3. The van der Waals surface area contributed by atoms with Crippen LogP contribution >= 0.6 is 0 Å². The van der Waals surface area contributed by atoms with Gasteiger partial charge >= 0.3 is 5.97 Å². The van der Waals surface area contributed by atoms with Crippen LogP contribution < -0.4 is 4.72 Å². The molecule has 0 amide bonds. The Balaban J connectivity index is 1.91. The highest BCUT2D eigenvalue weighted by molar-refractivity contribution is 7.90. The van der Waals surface area contributed by atoms with Crippen molar-refractivity contribution in [3.63, 3.8) is 0 Å². The van der Waals surface area contributed by atoms with Crippen LogP contribution in [0, 0.1) is 0 Å². The average molecular weight is 434 g/mol. The maximum atomic E-state index is 12.9. The number of rotatable bonds is 8. The fourth-order valence-electron chi connectivity index (χ4n) is 2.74. The van der Waals surface area contributed by atoms with E-state index in [1.165, 1.54) is 54.7 Å². The molecule has 0 saturated heterocycles. The first-order valence-electron chi connectivity index (χ1n) is 8.49. The Bertz CT molecular complexity index is 1200. The molecule has 0 aliphatic carbocycles. The summed E-state index contributed by atoms with van der Waals surface area (Å²) < 4.78 is 53.7. The molecule has 0 aliphatic heterocycles. The van der Waals surface area contributed by atoms with E-state index in [-0.39, 0.29) is 21.9 Å². The van der Waals surface area contributed by atoms with Crippen LogP contribution in [-0.4, -0.2) is 37.9 Å². The van der Waals surface area contributed by atoms with Gasteiger partial charge in [0.05, 0.1) is 9.79 Å². The first kappa shape index (κ1) is 20.8. The molecular formula is C19H18N2O6S2. The van der Waals surface area contributed by atoms with Crippen LogP contribution in [0.15, 0.2) is 88.8 Å². The van der Waals surface area contributed by atoms with E-state index < -0.39 is 32.1 Å². The van der Waals surface area contributed by atoms with Crippen LogP contribution in [0.1, 0.15) is 5.69 Å². The van der Waals surface area contributed by atoms with Crippen LogP contribution in [0.4, 0.5) is 0 Å². The number of carboxylic acid groups (broad SMARTS) is 1. The Kier molecular flexibility index (Phi) is 5.87. The predicted molar refractivity (Wildman–Crippen MR) is 105 cm³/mol. The molecule has 0 radical (unpaired) electrons. The molecule has 10 heteroatoms. The zero-order valence-electron chi connectivity index (χ0n) is 15.0. The third kappa shape index (κ3) is 4.56. The van der Waals surface area contributed by atoms with Crippen LogP contribution in [0.3, 0.4) is 0 Å². The fraction of sp³-hybridized carbons (Fsp3) is 0.105. The van der Waals surface area contributed by atoms with Crippen molar-refractivity contribution in [2.45, 2.75) is 22.3 Å². The molecule has 0 fully saturated rings. The number of sulfonamides is 1. The second-order valence-electron chi connectivity index (χ2n) is 6.14. The molecule has 3 rings (SSSR count). The lowest BCUT2D eigenvalue weighted by Crippen LogP contribution is -2.42. The number of aromatic nitrogens is 1. The molecule has 152 valence electrons. The van der Waals surface area contributed by atoms with Crippen molar-refractivity contribution >= 4 is 26.0 Å². The highest BCUT2D eigenvalue weighted by Gasteiger charge is 2.28. The molecule has 1 heterocycles.